The Bertz CT molecular complexity index is 438. The van der Waals surface area contributed by atoms with Gasteiger partial charge in [-0.1, -0.05) is 0 Å². The Morgan fingerprint density at radius 3 is 2.61 bits per heavy atom. The number of hydrogen-bond donors (Lipinski definition) is 1. The molecule has 1 aromatic carbocycles. The highest BCUT2D eigenvalue weighted by Crippen LogP contribution is 2.22. The van der Waals surface area contributed by atoms with Crippen LogP contribution in [0.4, 0.5) is 8.78 Å². The summed E-state index contributed by atoms with van der Waals surface area (Å²) in [5.74, 6) is -1.84. The molecule has 1 rings (SSSR count). The Hall–Kier alpha value is -1.69. The Balaban J connectivity index is 2.85. The fraction of sp³-hybridized carbons (Fsp3) is 0.417. The molecule has 0 aliphatic rings. The number of ether oxygens (including phenoxy) is 1. The molecule has 6 heteroatoms. The van der Waals surface area contributed by atoms with Gasteiger partial charge in [-0.25, -0.2) is 8.78 Å². The molecule has 1 N–H and O–H groups in total. The van der Waals surface area contributed by atoms with Crippen LogP contribution in [0.15, 0.2) is 12.1 Å². The van der Waals surface area contributed by atoms with Crippen molar-refractivity contribution in [3.05, 3.63) is 29.3 Å². The smallest absolute Gasteiger partial charge is 0.224 e. The standard InChI is InChI=1S/C12H15F2NO3/c1-15(12(17)3-4-16)7-8-5-10(14)11(18-2)6-9(8)13/h5-6,16H,3-4,7H2,1-2H3. The quantitative estimate of drug-likeness (QED) is 0.867. The number of nitrogens with zero attached hydrogens (tertiary/aromatic N) is 1. The summed E-state index contributed by atoms with van der Waals surface area (Å²) in [4.78, 5) is 12.6. The van der Waals surface area contributed by atoms with Gasteiger partial charge in [0.05, 0.1) is 13.7 Å². The van der Waals surface area contributed by atoms with Gasteiger partial charge in [0.1, 0.15) is 5.82 Å². The fourth-order valence-corrected chi connectivity index (χ4v) is 1.48. The molecule has 0 spiro atoms. The van der Waals surface area contributed by atoms with Gasteiger partial charge in [0.2, 0.25) is 5.91 Å². The van der Waals surface area contributed by atoms with E-state index in [1.807, 2.05) is 0 Å². The predicted octanol–water partition coefficient (Wildman–Crippen LogP) is 1.31. The van der Waals surface area contributed by atoms with Crippen LogP contribution in [0, 0.1) is 11.6 Å². The minimum absolute atomic E-state index is 0.0449. The maximum atomic E-state index is 13.6. The number of hydrogen-bond acceptors (Lipinski definition) is 3. The fourth-order valence-electron chi connectivity index (χ4n) is 1.48. The molecule has 0 radical (unpaired) electrons. The zero-order chi connectivity index (χ0) is 13.7. The van der Waals surface area contributed by atoms with Gasteiger partial charge < -0.3 is 14.7 Å². The van der Waals surface area contributed by atoms with Crippen molar-refractivity contribution in [1.82, 2.24) is 4.90 Å². The van der Waals surface area contributed by atoms with Crippen LogP contribution in [0.1, 0.15) is 12.0 Å². The first-order valence-corrected chi connectivity index (χ1v) is 5.36. The van der Waals surface area contributed by atoms with Crippen LogP contribution in [0.5, 0.6) is 5.75 Å². The summed E-state index contributed by atoms with van der Waals surface area (Å²) in [6.45, 7) is -0.339. The molecule has 0 fully saturated rings. The summed E-state index contributed by atoms with van der Waals surface area (Å²) in [5.41, 5.74) is 0.0575. The van der Waals surface area contributed by atoms with Gasteiger partial charge in [0.15, 0.2) is 11.6 Å². The van der Waals surface area contributed by atoms with E-state index in [2.05, 4.69) is 4.74 Å². The van der Waals surface area contributed by atoms with Crippen LogP contribution in [-0.2, 0) is 11.3 Å². The van der Waals surface area contributed by atoms with Crippen molar-refractivity contribution < 1.29 is 23.4 Å². The maximum Gasteiger partial charge on any atom is 0.224 e. The number of methoxy groups -OCH3 is 1. The number of aliphatic hydroxyl groups is 1. The van der Waals surface area contributed by atoms with Gasteiger partial charge in [-0.2, -0.15) is 0 Å². The SMILES string of the molecule is COc1cc(F)c(CN(C)C(=O)CCO)cc1F. The summed E-state index contributed by atoms with van der Waals surface area (Å²) in [7, 11) is 2.70. The number of benzene rings is 1. The average Bonchev–Trinajstić information content (AvgIpc) is 2.33. The van der Waals surface area contributed by atoms with Gasteiger partial charge >= 0.3 is 0 Å². The van der Waals surface area contributed by atoms with Crippen molar-refractivity contribution in [3.63, 3.8) is 0 Å². The molecule has 100 valence electrons. The molecule has 0 unspecified atom stereocenters. The number of carbonyl (C=O) groups is 1. The van der Waals surface area contributed by atoms with E-state index in [4.69, 9.17) is 5.11 Å². The lowest BCUT2D eigenvalue weighted by Crippen LogP contribution is -2.27. The van der Waals surface area contributed by atoms with Gasteiger partial charge in [0.25, 0.3) is 0 Å². The molecule has 0 atom stereocenters. The molecule has 0 heterocycles. The summed E-state index contributed by atoms with van der Waals surface area (Å²) < 4.78 is 31.6. The number of aliphatic hydroxyl groups excluding tert-OH is 1. The Morgan fingerprint density at radius 2 is 2.06 bits per heavy atom. The molecule has 0 aromatic heterocycles. The first kappa shape index (κ1) is 14.4. The van der Waals surface area contributed by atoms with Crippen LogP contribution >= 0.6 is 0 Å². The number of carbonyl (C=O) groups excluding carboxylic acids is 1. The highest BCUT2D eigenvalue weighted by Gasteiger charge is 2.14. The minimum atomic E-state index is -0.683. The first-order valence-electron chi connectivity index (χ1n) is 5.36. The lowest BCUT2D eigenvalue weighted by Gasteiger charge is -2.17. The molecule has 18 heavy (non-hydrogen) atoms. The third kappa shape index (κ3) is 3.40. The van der Waals surface area contributed by atoms with Crippen molar-refractivity contribution in [2.45, 2.75) is 13.0 Å². The second kappa shape index (κ2) is 6.30. The number of amides is 1. The lowest BCUT2D eigenvalue weighted by molar-refractivity contribution is -0.131. The second-order valence-electron chi connectivity index (χ2n) is 3.80. The normalized spacial score (nSPS) is 10.3. The van der Waals surface area contributed by atoms with Crippen molar-refractivity contribution in [1.29, 1.82) is 0 Å². The Labute approximate surface area is 104 Å². The molecular formula is C12H15F2NO3. The molecule has 1 aromatic rings. The molecule has 0 aliphatic heterocycles. The second-order valence-corrected chi connectivity index (χ2v) is 3.80. The van der Waals surface area contributed by atoms with Gasteiger partial charge in [-0.15, -0.1) is 0 Å². The van der Waals surface area contributed by atoms with Crippen LogP contribution in [0.3, 0.4) is 0 Å². The van der Waals surface area contributed by atoms with Crippen LogP contribution in [0.25, 0.3) is 0 Å². The molecule has 1 amide bonds. The first-order chi connectivity index (χ1) is 8.49. The Kier molecular flexibility index (Phi) is 5.03. The lowest BCUT2D eigenvalue weighted by atomic mass is 10.1. The van der Waals surface area contributed by atoms with Crippen LogP contribution in [0.2, 0.25) is 0 Å². The molecular weight excluding hydrogens is 244 g/mol. The van der Waals surface area contributed by atoms with Crippen LogP contribution in [-0.4, -0.2) is 36.7 Å². The Morgan fingerprint density at radius 1 is 1.39 bits per heavy atom. The molecule has 0 bridgehead atoms. The largest absolute Gasteiger partial charge is 0.494 e. The third-order valence-corrected chi connectivity index (χ3v) is 2.48. The summed E-state index contributed by atoms with van der Waals surface area (Å²) >= 11 is 0. The third-order valence-electron chi connectivity index (χ3n) is 2.48. The van der Waals surface area contributed by atoms with E-state index in [1.54, 1.807) is 0 Å². The van der Waals surface area contributed by atoms with Gasteiger partial charge in [-0.05, 0) is 6.07 Å². The maximum absolute atomic E-state index is 13.6. The van der Waals surface area contributed by atoms with Crippen molar-refractivity contribution >= 4 is 5.91 Å². The van der Waals surface area contributed by atoms with E-state index in [0.717, 1.165) is 12.1 Å². The average molecular weight is 259 g/mol. The summed E-state index contributed by atoms with van der Waals surface area (Å²) in [6, 6.07) is 1.94. The number of halogens is 2. The topological polar surface area (TPSA) is 49.8 Å². The van der Waals surface area contributed by atoms with E-state index in [-0.39, 0.29) is 36.8 Å². The van der Waals surface area contributed by atoms with Crippen molar-refractivity contribution in [3.8, 4) is 5.75 Å². The summed E-state index contributed by atoms with van der Waals surface area (Å²) in [6.07, 6.45) is -0.0449. The molecule has 0 aliphatic carbocycles. The van der Waals surface area contributed by atoms with Gasteiger partial charge in [-0.3, -0.25) is 4.79 Å². The molecule has 0 saturated carbocycles. The van der Waals surface area contributed by atoms with Gasteiger partial charge in [0, 0.05) is 31.6 Å². The predicted molar refractivity (Wildman–Crippen MR) is 61.1 cm³/mol. The van der Waals surface area contributed by atoms with E-state index in [0.29, 0.717) is 0 Å². The van der Waals surface area contributed by atoms with E-state index >= 15 is 0 Å². The monoisotopic (exact) mass is 259 g/mol. The van der Waals surface area contributed by atoms with Crippen LogP contribution < -0.4 is 4.74 Å². The minimum Gasteiger partial charge on any atom is -0.494 e. The summed E-state index contributed by atoms with van der Waals surface area (Å²) in [5, 5.41) is 8.62. The highest BCUT2D eigenvalue weighted by atomic mass is 19.1. The zero-order valence-electron chi connectivity index (χ0n) is 10.2. The molecule has 4 nitrogen and oxygen atoms in total. The van der Waals surface area contributed by atoms with E-state index in [9.17, 15) is 13.6 Å². The van der Waals surface area contributed by atoms with E-state index in [1.165, 1.54) is 19.1 Å². The zero-order valence-corrected chi connectivity index (χ0v) is 10.2. The molecule has 0 saturated heterocycles. The van der Waals surface area contributed by atoms with Crippen molar-refractivity contribution in [2.24, 2.45) is 0 Å². The van der Waals surface area contributed by atoms with Crippen molar-refractivity contribution in [2.75, 3.05) is 20.8 Å². The highest BCUT2D eigenvalue weighted by molar-refractivity contribution is 5.75. The van der Waals surface area contributed by atoms with E-state index < -0.39 is 11.6 Å². The number of rotatable bonds is 5.